The van der Waals surface area contributed by atoms with Crippen molar-refractivity contribution in [2.45, 2.75) is 38.8 Å². The zero-order valence-corrected chi connectivity index (χ0v) is 18.3. The van der Waals surface area contributed by atoms with Crippen LogP contribution in [0.15, 0.2) is 36.4 Å². The molecule has 1 atom stereocenters. The zero-order valence-electron chi connectivity index (χ0n) is 18.3. The third kappa shape index (κ3) is 3.92. The lowest BCUT2D eigenvalue weighted by Gasteiger charge is -2.44. The van der Waals surface area contributed by atoms with Crippen LogP contribution in [0, 0.1) is 0 Å². The molecule has 0 aliphatic carbocycles. The van der Waals surface area contributed by atoms with Gasteiger partial charge in [-0.2, -0.15) is 0 Å². The van der Waals surface area contributed by atoms with Crippen LogP contribution in [0.1, 0.15) is 53.3 Å². The van der Waals surface area contributed by atoms with Gasteiger partial charge in [0.15, 0.2) is 11.5 Å². The summed E-state index contributed by atoms with van der Waals surface area (Å²) in [5, 5.41) is 2.91. The maximum absolute atomic E-state index is 13.1. The first kappa shape index (κ1) is 21.0. The molecular weight excluding hydrogens is 394 g/mol. The smallest absolute Gasteiger partial charge is 0.257 e. The van der Waals surface area contributed by atoms with Gasteiger partial charge in [-0.05, 0) is 56.5 Å². The number of anilines is 2. The minimum Gasteiger partial charge on any atom is -0.493 e. The fourth-order valence-corrected chi connectivity index (χ4v) is 4.56. The zero-order chi connectivity index (χ0) is 22.0. The van der Waals surface area contributed by atoms with Crippen molar-refractivity contribution in [1.82, 2.24) is 4.90 Å². The van der Waals surface area contributed by atoms with Crippen molar-refractivity contribution in [2.24, 2.45) is 0 Å². The Balaban J connectivity index is 1.62. The van der Waals surface area contributed by atoms with E-state index in [2.05, 4.69) is 17.1 Å². The van der Waals surface area contributed by atoms with E-state index in [0.717, 1.165) is 44.5 Å². The van der Waals surface area contributed by atoms with Gasteiger partial charge in [-0.15, -0.1) is 0 Å². The molecule has 31 heavy (non-hydrogen) atoms. The molecule has 2 aromatic rings. The molecule has 2 aliphatic heterocycles. The second-order valence-electron chi connectivity index (χ2n) is 7.87. The standard InChI is InChI=1S/C24H29N3O4/c1-4-26-19-14-16(23(28)25-17-10-12-20(30-2)21(15-17)31-3)9-11-18(19)24(29)27-13-7-5-6-8-22(26)27/h9-12,14-15,22H,4-8,13H2,1-3H3,(H,25,28)/t22-/m0/s1. The summed E-state index contributed by atoms with van der Waals surface area (Å²) in [5.74, 6) is 0.974. The summed E-state index contributed by atoms with van der Waals surface area (Å²) in [6, 6.07) is 10.6. The Morgan fingerprint density at radius 3 is 2.61 bits per heavy atom. The molecule has 1 fully saturated rings. The average molecular weight is 424 g/mol. The van der Waals surface area contributed by atoms with Crippen LogP contribution in [0.25, 0.3) is 0 Å². The number of rotatable bonds is 5. The van der Waals surface area contributed by atoms with Crippen LogP contribution in [-0.2, 0) is 0 Å². The molecule has 0 aromatic heterocycles. The van der Waals surface area contributed by atoms with E-state index in [1.54, 1.807) is 44.6 Å². The van der Waals surface area contributed by atoms with Crippen molar-refractivity contribution in [2.75, 3.05) is 37.5 Å². The molecule has 4 rings (SSSR count). The number of amides is 2. The predicted octanol–water partition coefficient (Wildman–Crippen LogP) is 4.14. The fourth-order valence-electron chi connectivity index (χ4n) is 4.56. The number of fused-ring (bicyclic) bond motifs is 2. The summed E-state index contributed by atoms with van der Waals surface area (Å²) < 4.78 is 10.6. The molecule has 2 aromatic carbocycles. The quantitative estimate of drug-likeness (QED) is 0.783. The summed E-state index contributed by atoms with van der Waals surface area (Å²) in [7, 11) is 3.12. The Morgan fingerprint density at radius 1 is 1.06 bits per heavy atom. The Hall–Kier alpha value is -3.22. The van der Waals surface area contributed by atoms with Crippen LogP contribution in [0.2, 0.25) is 0 Å². The van der Waals surface area contributed by atoms with Crippen LogP contribution in [0.4, 0.5) is 11.4 Å². The fraction of sp³-hybridized carbons (Fsp3) is 0.417. The van der Waals surface area contributed by atoms with E-state index in [1.165, 1.54) is 0 Å². The molecule has 1 saturated heterocycles. The van der Waals surface area contributed by atoms with Gasteiger partial charge in [-0.25, -0.2) is 0 Å². The van der Waals surface area contributed by atoms with Gasteiger partial charge in [-0.1, -0.05) is 6.42 Å². The topological polar surface area (TPSA) is 71.1 Å². The predicted molar refractivity (Wildman–Crippen MR) is 120 cm³/mol. The number of carbonyl (C=O) groups excluding carboxylic acids is 2. The molecule has 0 saturated carbocycles. The first-order valence-electron chi connectivity index (χ1n) is 10.8. The highest BCUT2D eigenvalue weighted by Crippen LogP contribution is 2.36. The molecule has 0 unspecified atom stereocenters. The van der Waals surface area contributed by atoms with E-state index < -0.39 is 0 Å². The van der Waals surface area contributed by atoms with Gasteiger partial charge < -0.3 is 24.6 Å². The number of benzene rings is 2. The van der Waals surface area contributed by atoms with Gasteiger partial charge >= 0.3 is 0 Å². The lowest BCUT2D eigenvalue weighted by atomic mass is 10.0. The minimum atomic E-state index is -0.234. The monoisotopic (exact) mass is 423 g/mol. The highest BCUT2D eigenvalue weighted by atomic mass is 16.5. The molecule has 0 radical (unpaired) electrons. The van der Waals surface area contributed by atoms with E-state index in [0.29, 0.717) is 28.3 Å². The van der Waals surface area contributed by atoms with Crippen molar-refractivity contribution in [1.29, 1.82) is 0 Å². The Bertz CT molecular complexity index is 991. The minimum absolute atomic E-state index is 0.0664. The normalized spacial score (nSPS) is 18.0. The molecular formula is C24H29N3O4. The number of carbonyl (C=O) groups is 2. The van der Waals surface area contributed by atoms with Crippen molar-refractivity contribution >= 4 is 23.2 Å². The van der Waals surface area contributed by atoms with E-state index in [-0.39, 0.29) is 18.0 Å². The average Bonchev–Trinajstić information content (AvgIpc) is 3.05. The summed E-state index contributed by atoms with van der Waals surface area (Å²) in [4.78, 5) is 30.4. The molecule has 164 valence electrons. The first-order chi connectivity index (χ1) is 15.1. The molecule has 7 nitrogen and oxygen atoms in total. The molecule has 7 heteroatoms. The van der Waals surface area contributed by atoms with Crippen molar-refractivity contribution in [3.63, 3.8) is 0 Å². The third-order valence-corrected chi connectivity index (χ3v) is 6.12. The lowest BCUT2D eigenvalue weighted by Crippen LogP contribution is -2.55. The van der Waals surface area contributed by atoms with Crippen LogP contribution < -0.4 is 19.7 Å². The van der Waals surface area contributed by atoms with Crippen LogP contribution in [0.3, 0.4) is 0 Å². The molecule has 2 heterocycles. The summed E-state index contributed by atoms with van der Waals surface area (Å²) >= 11 is 0. The van der Waals surface area contributed by atoms with Crippen LogP contribution in [-0.4, -0.2) is 50.2 Å². The van der Waals surface area contributed by atoms with Crippen molar-refractivity contribution < 1.29 is 19.1 Å². The SMILES string of the molecule is CCN1c2cc(C(=O)Nc3ccc(OC)c(OC)c3)ccc2C(=O)N2CCCCC[C@H]21. The highest BCUT2D eigenvalue weighted by Gasteiger charge is 2.37. The highest BCUT2D eigenvalue weighted by molar-refractivity contribution is 6.08. The van der Waals surface area contributed by atoms with Crippen molar-refractivity contribution in [3.8, 4) is 11.5 Å². The summed E-state index contributed by atoms with van der Waals surface area (Å²) in [6.45, 7) is 3.67. The second-order valence-corrected chi connectivity index (χ2v) is 7.87. The number of nitrogens with one attached hydrogen (secondary N) is 1. The van der Waals surface area contributed by atoms with Gasteiger partial charge in [0.1, 0.15) is 6.17 Å². The molecule has 2 amide bonds. The van der Waals surface area contributed by atoms with E-state index in [9.17, 15) is 9.59 Å². The molecule has 0 bridgehead atoms. The lowest BCUT2D eigenvalue weighted by molar-refractivity contribution is 0.0656. The van der Waals surface area contributed by atoms with Gasteiger partial charge in [0, 0.05) is 30.4 Å². The first-order valence-corrected chi connectivity index (χ1v) is 10.8. The van der Waals surface area contributed by atoms with Crippen LogP contribution in [0.5, 0.6) is 11.5 Å². The molecule has 2 aliphatic rings. The maximum Gasteiger partial charge on any atom is 0.257 e. The van der Waals surface area contributed by atoms with Gasteiger partial charge in [0.2, 0.25) is 0 Å². The van der Waals surface area contributed by atoms with Gasteiger partial charge in [0.05, 0.1) is 25.5 Å². The summed E-state index contributed by atoms with van der Waals surface area (Å²) in [6.07, 6.45) is 4.33. The second kappa shape index (κ2) is 8.88. The number of hydrogen-bond acceptors (Lipinski definition) is 5. The number of methoxy groups -OCH3 is 2. The summed E-state index contributed by atoms with van der Waals surface area (Å²) in [5.41, 5.74) is 2.64. The molecule has 0 spiro atoms. The molecule has 1 N–H and O–H groups in total. The van der Waals surface area contributed by atoms with E-state index in [1.807, 2.05) is 11.0 Å². The van der Waals surface area contributed by atoms with Crippen molar-refractivity contribution in [3.05, 3.63) is 47.5 Å². The number of ether oxygens (including phenoxy) is 2. The Labute approximate surface area is 182 Å². The number of nitrogens with zero attached hydrogens (tertiary/aromatic N) is 2. The van der Waals surface area contributed by atoms with Gasteiger partial charge in [0.25, 0.3) is 11.8 Å². The Kier molecular flexibility index (Phi) is 6.02. The number of hydrogen-bond donors (Lipinski definition) is 1. The van der Waals surface area contributed by atoms with E-state index in [4.69, 9.17) is 9.47 Å². The third-order valence-electron chi connectivity index (χ3n) is 6.12. The maximum atomic E-state index is 13.1. The Morgan fingerprint density at radius 2 is 1.87 bits per heavy atom. The largest absolute Gasteiger partial charge is 0.493 e. The van der Waals surface area contributed by atoms with Gasteiger partial charge in [-0.3, -0.25) is 9.59 Å². The van der Waals surface area contributed by atoms with E-state index >= 15 is 0 Å². The van der Waals surface area contributed by atoms with Crippen LogP contribution >= 0.6 is 0 Å².